The average molecular weight is 272 g/mol. The molecule has 3 unspecified atom stereocenters. The van der Waals surface area contributed by atoms with Crippen molar-refractivity contribution >= 4 is 5.97 Å². The molecular weight excluding hydrogens is 244 g/mol. The molecule has 0 aromatic rings. The standard InChI is InChI=1S/C14H28N2O3/c1-10(2)4-5-15-13-6-12(11(3)17)7-16(8-13)9-14(18)19/h10-13,15,17H,4-9H2,1-3H3,(H,18,19). The highest BCUT2D eigenvalue weighted by Crippen LogP contribution is 2.20. The van der Waals surface area contributed by atoms with E-state index in [1.54, 1.807) is 6.92 Å². The topological polar surface area (TPSA) is 72.8 Å². The molecule has 1 heterocycles. The molecule has 0 spiro atoms. The van der Waals surface area contributed by atoms with Crippen molar-refractivity contribution in [3.05, 3.63) is 0 Å². The van der Waals surface area contributed by atoms with Crippen LogP contribution in [0.5, 0.6) is 0 Å². The first-order chi connectivity index (χ1) is 8.88. The summed E-state index contributed by atoms with van der Waals surface area (Å²) in [7, 11) is 0. The number of carbonyl (C=O) groups is 1. The van der Waals surface area contributed by atoms with Crippen LogP contribution in [-0.4, -0.2) is 59.4 Å². The Hall–Kier alpha value is -0.650. The molecule has 1 rings (SSSR count). The van der Waals surface area contributed by atoms with Crippen LogP contribution in [-0.2, 0) is 4.79 Å². The molecule has 19 heavy (non-hydrogen) atoms. The molecule has 3 N–H and O–H groups in total. The largest absolute Gasteiger partial charge is 0.480 e. The zero-order chi connectivity index (χ0) is 14.4. The van der Waals surface area contributed by atoms with Gasteiger partial charge in [0.05, 0.1) is 12.6 Å². The van der Waals surface area contributed by atoms with Gasteiger partial charge < -0.3 is 15.5 Å². The second kappa shape index (κ2) is 7.82. The highest BCUT2D eigenvalue weighted by Gasteiger charge is 2.30. The summed E-state index contributed by atoms with van der Waals surface area (Å²) in [5, 5.41) is 22.2. The average Bonchev–Trinajstić information content (AvgIpc) is 2.27. The van der Waals surface area contributed by atoms with Gasteiger partial charge in [0.2, 0.25) is 0 Å². The number of aliphatic hydroxyl groups excluding tert-OH is 1. The molecule has 0 amide bonds. The molecular formula is C14H28N2O3. The minimum atomic E-state index is -0.799. The van der Waals surface area contributed by atoms with Crippen molar-refractivity contribution in [1.29, 1.82) is 0 Å². The van der Waals surface area contributed by atoms with Crippen LogP contribution in [0.1, 0.15) is 33.6 Å². The summed E-state index contributed by atoms with van der Waals surface area (Å²) >= 11 is 0. The number of nitrogens with one attached hydrogen (secondary N) is 1. The van der Waals surface area contributed by atoms with Crippen molar-refractivity contribution in [3.63, 3.8) is 0 Å². The van der Waals surface area contributed by atoms with E-state index < -0.39 is 5.97 Å². The SMILES string of the molecule is CC(C)CCNC1CC(C(C)O)CN(CC(=O)O)C1. The summed E-state index contributed by atoms with van der Waals surface area (Å²) in [6, 6.07) is 0.284. The van der Waals surface area contributed by atoms with Gasteiger partial charge >= 0.3 is 5.97 Å². The Labute approximate surface area is 116 Å². The Kier molecular flexibility index (Phi) is 6.75. The fourth-order valence-corrected chi connectivity index (χ4v) is 2.63. The van der Waals surface area contributed by atoms with Crippen molar-refractivity contribution in [1.82, 2.24) is 10.2 Å². The first-order valence-corrected chi connectivity index (χ1v) is 7.24. The van der Waals surface area contributed by atoms with Gasteiger partial charge in [-0.15, -0.1) is 0 Å². The lowest BCUT2D eigenvalue weighted by Gasteiger charge is -2.38. The van der Waals surface area contributed by atoms with Gasteiger partial charge in [0, 0.05) is 19.1 Å². The lowest BCUT2D eigenvalue weighted by Crippen LogP contribution is -2.52. The quantitative estimate of drug-likeness (QED) is 0.639. The third kappa shape index (κ3) is 6.36. The number of nitrogens with zero attached hydrogens (tertiary/aromatic N) is 1. The van der Waals surface area contributed by atoms with Gasteiger partial charge in [-0.25, -0.2) is 0 Å². The van der Waals surface area contributed by atoms with Crippen LogP contribution in [0.15, 0.2) is 0 Å². The number of aliphatic hydroxyl groups is 1. The fraction of sp³-hybridized carbons (Fsp3) is 0.929. The van der Waals surface area contributed by atoms with Crippen LogP contribution in [0.3, 0.4) is 0 Å². The molecule has 1 aliphatic heterocycles. The number of likely N-dealkylation sites (tertiary alicyclic amines) is 1. The maximum Gasteiger partial charge on any atom is 0.317 e. The Morgan fingerprint density at radius 3 is 2.58 bits per heavy atom. The summed E-state index contributed by atoms with van der Waals surface area (Å²) in [5.41, 5.74) is 0. The summed E-state index contributed by atoms with van der Waals surface area (Å²) in [6.07, 6.45) is 1.66. The summed E-state index contributed by atoms with van der Waals surface area (Å²) in [4.78, 5) is 12.8. The van der Waals surface area contributed by atoms with E-state index in [0.29, 0.717) is 12.5 Å². The summed E-state index contributed by atoms with van der Waals surface area (Å²) in [5.74, 6) is 0.0237. The molecule has 0 bridgehead atoms. The van der Waals surface area contributed by atoms with Crippen molar-refractivity contribution in [3.8, 4) is 0 Å². The van der Waals surface area contributed by atoms with Crippen LogP contribution < -0.4 is 5.32 Å². The number of carboxylic acid groups (broad SMARTS) is 1. The van der Waals surface area contributed by atoms with Crippen LogP contribution in [0.2, 0.25) is 0 Å². The molecule has 0 radical (unpaired) electrons. The number of hydrogen-bond acceptors (Lipinski definition) is 4. The van der Waals surface area contributed by atoms with Gasteiger partial charge in [-0.2, -0.15) is 0 Å². The van der Waals surface area contributed by atoms with Crippen LogP contribution in [0.4, 0.5) is 0 Å². The Morgan fingerprint density at radius 1 is 1.37 bits per heavy atom. The van der Waals surface area contributed by atoms with Crippen molar-refractivity contribution in [2.75, 3.05) is 26.2 Å². The molecule has 112 valence electrons. The number of carboxylic acids is 1. The zero-order valence-corrected chi connectivity index (χ0v) is 12.3. The van der Waals surface area contributed by atoms with Crippen LogP contribution in [0, 0.1) is 11.8 Å². The van der Waals surface area contributed by atoms with E-state index in [2.05, 4.69) is 19.2 Å². The van der Waals surface area contributed by atoms with E-state index in [9.17, 15) is 9.90 Å². The molecule has 1 aliphatic rings. The molecule has 0 aromatic heterocycles. The maximum atomic E-state index is 10.8. The van der Waals surface area contributed by atoms with Gasteiger partial charge in [-0.1, -0.05) is 13.8 Å². The normalized spacial score (nSPS) is 26.6. The van der Waals surface area contributed by atoms with Crippen LogP contribution >= 0.6 is 0 Å². The van der Waals surface area contributed by atoms with E-state index >= 15 is 0 Å². The highest BCUT2D eigenvalue weighted by molar-refractivity contribution is 5.69. The minimum absolute atomic E-state index is 0.0611. The minimum Gasteiger partial charge on any atom is -0.480 e. The molecule has 5 nitrogen and oxygen atoms in total. The Morgan fingerprint density at radius 2 is 2.05 bits per heavy atom. The van der Waals surface area contributed by atoms with E-state index in [0.717, 1.165) is 25.9 Å². The third-order valence-corrected chi connectivity index (χ3v) is 3.75. The van der Waals surface area contributed by atoms with Gasteiger partial charge in [-0.3, -0.25) is 9.69 Å². The predicted molar refractivity (Wildman–Crippen MR) is 75.1 cm³/mol. The second-order valence-electron chi connectivity index (χ2n) is 6.16. The number of piperidine rings is 1. The fourth-order valence-electron chi connectivity index (χ4n) is 2.63. The predicted octanol–water partition coefficient (Wildman–Crippen LogP) is 0.778. The highest BCUT2D eigenvalue weighted by atomic mass is 16.4. The molecule has 0 aliphatic carbocycles. The molecule has 0 aromatic carbocycles. The number of hydrogen-bond donors (Lipinski definition) is 3. The molecule has 1 saturated heterocycles. The first kappa shape index (κ1) is 16.4. The van der Waals surface area contributed by atoms with Gasteiger partial charge in [-0.05, 0) is 38.1 Å². The van der Waals surface area contributed by atoms with E-state index in [4.69, 9.17) is 5.11 Å². The van der Waals surface area contributed by atoms with Crippen molar-refractivity contribution < 1.29 is 15.0 Å². The lowest BCUT2D eigenvalue weighted by atomic mass is 9.90. The van der Waals surface area contributed by atoms with E-state index in [1.807, 2.05) is 4.90 Å². The smallest absolute Gasteiger partial charge is 0.317 e. The third-order valence-electron chi connectivity index (χ3n) is 3.75. The Bertz CT molecular complexity index is 282. The lowest BCUT2D eigenvalue weighted by molar-refractivity contribution is -0.139. The van der Waals surface area contributed by atoms with Crippen LogP contribution in [0.25, 0.3) is 0 Å². The maximum absolute atomic E-state index is 10.8. The molecule has 0 saturated carbocycles. The van der Waals surface area contributed by atoms with Gasteiger partial charge in [0.15, 0.2) is 0 Å². The molecule has 3 atom stereocenters. The van der Waals surface area contributed by atoms with Gasteiger partial charge in [0.1, 0.15) is 0 Å². The van der Waals surface area contributed by atoms with E-state index in [1.165, 1.54) is 0 Å². The van der Waals surface area contributed by atoms with Crippen molar-refractivity contribution in [2.45, 2.75) is 45.8 Å². The van der Waals surface area contributed by atoms with Crippen molar-refractivity contribution in [2.24, 2.45) is 11.8 Å². The second-order valence-corrected chi connectivity index (χ2v) is 6.16. The first-order valence-electron chi connectivity index (χ1n) is 7.24. The molecule has 5 heteroatoms. The Balaban J connectivity index is 2.47. The monoisotopic (exact) mass is 272 g/mol. The zero-order valence-electron chi connectivity index (χ0n) is 12.3. The summed E-state index contributed by atoms with van der Waals surface area (Å²) < 4.78 is 0. The van der Waals surface area contributed by atoms with Gasteiger partial charge in [0.25, 0.3) is 0 Å². The molecule has 1 fully saturated rings. The number of rotatable bonds is 7. The summed E-state index contributed by atoms with van der Waals surface area (Å²) in [6.45, 7) is 8.62. The number of aliphatic carboxylic acids is 1. The van der Waals surface area contributed by atoms with E-state index in [-0.39, 0.29) is 24.6 Å².